The Morgan fingerprint density at radius 2 is 2.29 bits per heavy atom. The Labute approximate surface area is 129 Å². The van der Waals surface area contributed by atoms with Crippen molar-refractivity contribution in [2.45, 2.75) is 26.2 Å². The van der Waals surface area contributed by atoms with Crippen molar-refractivity contribution < 1.29 is 15.0 Å². The van der Waals surface area contributed by atoms with Crippen LogP contribution in [0.3, 0.4) is 0 Å². The third-order valence-electron chi connectivity index (χ3n) is 3.68. The molecule has 0 bridgehead atoms. The number of carbonyl (C=O) groups excluding carboxylic acids is 1. The van der Waals surface area contributed by atoms with Gasteiger partial charge in [0.1, 0.15) is 0 Å². The van der Waals surface area contributed by atoms with Gasteiger partial charge < -0.3 is 15.1 Å². The first kappa shape index (κ1) is 16.0. The molecule has 1 aromatic rings. The topological polar surface area (TPSA) is 60.8 Å². The molecule has 4 nitrogen and oxygen atoms in total. The first-order valence-corrected chi connectivity index (χ1v) is 8.07. The maximum Gasteiger partial charge on any atom is 0.263 e. The van der Waals surface area contributed by atoms with Crippen molar-refractivity contribution in [2.75, 3.05) is 26.3 Å². The summed E-state index contributed by atoms with van der Waals surface area (Å²) in [6, 6.07) is 1.90. The minimum absolute atomic E-state index is 0.0588. The Morgan fingerprint density at radius 3 is 3.00 bits per heavy atom. The lowest BCUT2D eigenvalue weighted by molar-refractivity contribution is 0.0789. The number of thiophene rings is 1. The van der Waals surface area contributed by atoms with Gasteiger partial charge in [-0.1, -0.05) is 11.8 Å². The fraction of sp³-hybridized carbons (Fsp3) is 0.562. The molecule has 2 N–H and O–H groups in total. The molecule has 21 heavy (non-hydrogen) atoms. The van der Waals surface area contributed by atoms with Crippen molar-refractivity contribution in [2.24, 2.45) is 5.92 Å². The number of hydrogen-bond donors (Lipinski definition) is 2. The van der Waals surface area contributed by atoms with E-state index < -0.39 is 0 Å². The fourth-order valence-electron chi connectivity index (χ4n) is 2.50. The standard InChI is InChI=1S/C16H21NO3S/c1-12-10-15(21-14(12)4-2-3-8-18)16(20)17-7-5-13(11-17)6-9-19/h10,13,18-19H,3,5-9,11H2,1H3. The maximum absolute atomic E-state index is 12.5. The van der Waals surface area contributed by atoms with Crippen LogP contribution in [0.5, 0.6) is 0 Å². The number of aliphatic hydroxyl groups is 2. The van der Waals surface area contributed by atoms with E-state index in [0.29, 0.717) is 12.3 Å². The molecule has 1 unspecified atom stereocenters. The van der Waals surface area contributed by atoms with Gasteiger partial charge in [-0.05, 0) is 37.3 Å². The predicted octanol–water partition coefficient (Wildman–Crippen LogP) is 1.63. The maximum atomic E-state index is 12.5. The van der Waals surface area contributed by atoms with Gasteiger partial charge in [-0.2, -0.15) is 0 Å². The van der Waals surface area contributed by atoms with Gasteiger partial charge >= 0.3 is 0 Å². The lowest BCUT2D eigenvalue weighted by Gasteiger charge is -2.15. The highest BCUT2D eigenvalue weighted by Crippen LogP contribution is 2.26. The third kappa shape index (κ3) is 4.07. The van der Waals surface area contributed by atoms with E-state index in [2.05, 4.69) is 11.8 Å². The molecule has 0 spiro atoms. The number of aliphatic hydroxyl groups excluding tert-OH is 2. The minimum atomic E-state index is 0.0588. The van der Waals surface area contributed by atoms with E-state index in [0.717, 1.165) is 41.2 Å². The van der Waals surface area contributed by atoms with Crippen LogP contribution < -0.4 is 0 Å². The van der Waals surface area contributed by atoms with Crippen LogP contribution in [-0.2, 0) is 0 Å². The van der Waals surface area contributed by atoms with E-state index in [1.807, 2.05) is 17.9 Å². The van der Waals surface area contributed by atoms with Gasteiger partial charge in [0.25, 0.3) is 5.91 Å². The molecule has 1 aliphatic rings. The Bertz CT molecular complexity index is 556. The second kappa shape index (κ2) is 7.60. The zero-order valence-electron chi connectivity index (χ0n) is 12.3. The van der Waals surface area contributed by atoms with Crippen LogP contribution >= 0.6 is 11.3 Å². The summed E-state index contributed by atoms with van der Waals surface area (Å²) in [4.78, 5) is 16.0. The number of likely N-dealkylation sites (tertiary alicyclic amines) is 1. The number of carbonyl (C=O) groups is 1. The summed E-state index contributed by atoms with van der Waals surface area (Å²) in [5, 5.41) is 17.7. The van der Waals surface area contributed by atoms with E-state index in [9.17, 15) is 4.79 Å². The first-order valence-electron chi connectivity index (χ1n) is 7.26. The normalized spacial score (nSPS) is 17.7. The fourth-order valence-corrected chi connectivity index (χ4v) is 3.52. The summed E-state index contributed by atoms with van der Waals surface area (Å²) in [7, 11) is 0. The van der Waals surface area contributed by atoms with E-state index in [4.69, 9.17) is 10.2 Å². The molecule has 0 radical (unpaired) electrons. The average Bonchev–Trinajstić information content (AvgIpc) is 3.07. The first-order chi connectivity index (χ1) is 10.2. The molecule has 1 saturated heterocycles. The van der Waals surface area contributed by atoms with Gasteiger partial charge in [0, 0.05) is 26.1 Å². The van der Waals surface area contributed by atoms with E-state index in [-0.39, 0.29) is 19.1 Å². The molecule has 1 aliphatic heterocycles. The monoisotopic (exact) mass is 307 g/mol. The Morgan fingerprint density at radius 1 is 1.48 bits per heavy atom. The van der Waals surface area contributed by atoms with Crippen LogP contribution in [0.15, 0.2) is 6.07 Å². The number of hydrogen-bond acceptors (Lipinski definition) is 4. The summed E-state index contributed by atoms with van der Waals surface area (Å²) < 4.78 is 0. The quantitative estimate of drug-likeness (QED) is 0.831. The van der Waals surface area contributed by atoms with Crippen molar-refractivity contribution in [3.8, 4) is 11.8 Å². The van der Waals surface area contributed by atoms with Crippen molar-refractivity contribution in [1.82, 2.24) is 4.90 Å². The molecule has 2 rings (SSSR count). The zero-order chi connectivity index (χ0) is 15.2. The molecule has 5 heteroatoms. The van der Waals surface area contributed by atoms with Crippen molar-refractivity contribution in [3.05, 3.63) is 21.4 Å². The highest BCUT2D eigenvalue weighted by Gasteiger charge is 2.27. The second-order valence-corrected chi connectivity index (χ2v) is 6.37. The molecule has 1 fully saturated rings. The zero-order valence-corrected chi connectivity index (χ0v) is 13.1. The molecule has 2 heterocycles. The number of amides is 1. The van der Waals surface area contributed by atoms with Crippen LogP contribution in [0.2, 0.25) is 0 Å². The molecular weight excluding hydrogens is 286 g/mol. The molecule has 114 valence electrons. The lowest BCUT2D eigenvalue weighted by Crippen LogP contribution is -2.28. The molecule has 1 amide bonds. The van der Waals surface area contributed by atoms with E-state index in [1.54, 1.807) is 0 Å². The molecule has 0 saturated carbocycles. The second-order valence-electron chi connectivity index (χ2n) is 5.32. The number of nitrogens with zero attached hydrogens (tertiary/aromatic N) is 1. The summed E-state index contributed by atoms with van der Waals surface area (Å²) in [5.41, 5.74) is 1.01. The molecule has 1 aromatic heterocycles. The van der Waals surface area contributed by atoms with Crippen LogP contribution in [0.25, 0.3) is 0 Å². The summed E-state index contributed by atoms with van der Waals surface area (Å²) in [6.07, 6.45) is 2.19. The number of aryl methyl sites for hydroxylation is 1. The van der Waals surface area contributed by atoms with E-state index >= 15 is 0 Å². The smallest absolute Gasteiger partial charge is 0.263 e. The van der Waals surface area contributed by atoms with Gasteiger partial charge in [-0.15, -0.1) is 11.3 Å². The summed E-state index contributed by atoms with van der Waals surface area (Å²) in [5.74, 6) is 6.40. The van der Waals surface area contributed by atoms with Crippen molar-refractivity contribution >= 4 is 17.2 Å². The SMILES string of the molecule is Cc1cc(C(=O)N2CCC(CCO)C2)sc1C#CCCO. The predicted molar refractivity (Wildman–Crippen MR) is 83.4 cm³/mol. The van der Waals surface area contributed by atoms with Crippen LogP contribution in [0.1, 0.15) is 39.4 Å². The Kier molecular flexibility index (Phi) is 5.80. The minimum Gasteiger partial charge on any atom is -0.396 e. The van der Waals surface area contributed by atoms with Crippen LogP contribution in [0, 0.1) is 24.7 Å². The van der Waals surface area contributed by atoms with Gasteiger partial charge in [0.15, 0.2) is 0 Å². The van der Waals surface area contributed by atoms with Crippen molar-refractivity contribution in [1.29, 1.82) is 0 Å². The Balaban J connectivity index is 2.04. The molecule has 1 atom stereocenters. The lowest BCUT2D eigenvalue weighted by atomic mass is 10.1. The molecule has 0 aromatic carbocycles. The van der Waals surface area contributed by atoms with Crippen LogP contribution in [0.4, 0.5) is 0 Å². The van der Waals surface area contributed by atoms with E-state index in [1.165, 1.54) is 11.3 Å². The largest absolute Gasteiger partial charge is 0.396 e. The average molecular weight is 307 g/mol. The highest BCUT2D eigenvalue weighted by molar-refractivity contribution is 7.14. The Hall–Kier alpha value is -1.35. The molecular formula is C16H21NO3S. The highest BCUT2D eigenvalue weighted by atomic mass is 32.1. The van der Waals surface area contributed by atoms with Gasteiger partial charge in [-0.3, -0.25) is 4.79 Å². The van der Waals surface area contributed by atoms with Gasteiger partial charge in [-0.25, -0.2) is 0 Å². The third-order valence-corrected chi connectivity index (χ3v) is 4.82. The van der Waals surface area contributed by atoms with Gasteiger partial charge in [0.05, 0.1) is 16.4 Å². The van der Waals surface area contributed by atoms with Crippen LogP contribution in [-0.4, -0.2) is 47.3 Å². The number of rotatable bonds is 4. The van der Waals surface area contributed by atoms with Gasteiger partial charge in [0.2, 0.25) is 0 Å². The van der Waals surface area contributed by atoms with Crippen molar-refractivity contribution in [3.63, 3.8) is 0 Å². The summed E-state index contributed by atoms with van der Waals surface area (Å²) >= 11 is 1.42. The summed E-state index contributed by atoms with van der Waals surface area (Å²) in [6.45, 7) is 3.71. The molecule has 0 aliphatic carbocycles.